The van der Waals surface area contributed by atoms with Gasteiger partial charge in [-0.15, -0.1) is 0 Å². The quantitative estimate of drug-likeness (QED) is 0.841. The monoisotopic (exact) mass is 328 g/mol. The third-order valence-electron chi connectivity index (χ3n) is 5.46. The molecule has 3 rings (SSSR count). The van der Waals surface area contributed by atoms with Gasteiger partial charge in [0.1, 0.15) is 0 Å². The number of benzene rings is 1. The summed E-state index contributed by atoms with van der Waals surface area (Å²) in [7, 11) is 0. The highest BCUT2D eigenvalue weighted by atomic mass is 16.1. The summed E-state index contributed by atoms with van der Waals surface area (Å²) in [6.45, 7) is 12.9. The second kappa shape index (κ2) is 6.09. The molecular formula is C21H32N2O. The number of nitrogens with zero attached hydrogens (tertiary/aromatic N) is 1. The van der Waals surface area contributed by atoms with Gasteiger partial charge in [-0.05, 0) is 73.6 Å². The van der Waals surface area contributed by atoms with Crippen molar-refractivity contribution in [1.82, 2.24) is 0 Å². The van der Waals surface area contributed by atoms with Crippen LogP contribution in [0.2, 0.25) is 0 Å². The van der Waals surface area contributed by atoms with Gasteiger partial charge in [0.25, 0.3) is 0 Å². The minimum absolute atomic E-state index is 0.0121. The third-order valence-corrected chi connectivity index (χ3v) is 5.46. The molecule has 0 atom stereocenters. The third kappa shape index (κ3) is 3.93. The zero-order valence-electron chi connectivity index (χ0n) is 16.0. The fourth-order valence-electron chi connectivity index (χ4n) is 4.00. The number of carbonyl (C=O) groups excluding carboxylic acids is 1. The second-order valence-electron chi connectivity index (χ2n) is 9.27. The van der Waals surface area contributed by atoms with Crippen molar-refractivity contribution in [2.45, 2.75) is 66.7 Å². The molecule has 1 saturated heterocycles. The summed E-state index contributed by atoms with van der Waals surface area (Å²) >= 11 is 0. The Morgan fingerprint density at radius 1 is 1.17 bits per heavy atom. The summed E-state index contributed by atoms with van der Waals surface area (Å²) in [5.74, 6) is 0.108. The van der Waals surface area contributed by atoms with Gasteiger partial charge in [-0.25, -0.2) is 0 Å². The van der Waals surface area contributed by atoms with Crippen molar-refractivity contribution in [3.8, 4) is 0 Å². The lowest BCUT2D eigenvalue weighted by Crippen LogP contribution is -2.36. The summed E-state index contributed by atoms with van der Waals surface area (Å²) in [6, 6.07) is 4.50. The number of nitrogens with one attached hydrogen (secondary N) is 1. The van der Waals surface area contributed by atoms with Crippen LogP contribution in [0, 0.1) is 24.7 Å². The number of anilines is 2. The van der Waals surface area contributed by atoms with E-state index in [4.69, 9.17) is 0 Å². The largest absolute Gasteiger partial charge is 0.371 e. The van der Waals surface area contributed by atoms with Crippen LogP contribution in [0.5, 0.6) is 0 Å². The van der Waals surface area contributed by atoms with Crippen LogP contribution in [0.1, 0.15) is 64.0 Å². The number of piperidine rings is 1. The molecule has 132 valence electrons. The lowest BCUT2D eigenvalue weighted by molar-refractivity contribution is -0.117. The normalized spacial score (nSPS) is 19.5. The Bertz CT molecular complexity index is 615. The summed E-state index contributed by atoms with van der Waals surface area (Å²) in [6.07, 6.45) is 6.07. The van der Waals surface area contributed by atoms with E-state index in [-0.39, 0.29) is 11.3 Å². The fourth-order valence-corrected chi connectivity index (χ4v) is 4.00. The Labute approximate surface area is 146 Å². The van der Waals surface area contributed by atoms with E-state index in [9.17, 15) is 4.79 Å². The van der Waals surface area contributed by atoms with E-state index >= 15 is 0 Å². The minimum atomic E-state index is 0.0121. The zero-order chi connectivity index (χ0) is 17.5. The van der Waals surface area contributed by atoms with Gasteiger partial charge in [0.05, 0.1) is 0 Å². The summed E-state index contributed by atoms with van der Waals surface area (Å²) < 4.78 is 0. The Kier molecular flexibility index (Phi) is 4.39. The molecule has 1 aromatic carbocycles. The lowest BCUT2D eigenvalue weighted by Gasteiger charge is -2.35. The number of carbonyl (C=O) groups is 1. The number of hydrogen-bond donors (Lipinski definition) is 1. The first-order valence-electron chi connectivity index (χ1n) is 9.34. The Morgan fingerprint density at radius 2 is 1.79 bits per heavy atom. The molecule has 1 spiro atoms. The molecule has 2 fully saturated rings. The van der Waals surface area contributed by atoms with Crippen LogP contribution in [-0.2, 0) is 4.79 Å². The highest BCUT2D eigenvalue weighted by Gasteiger charge is 2.45. The highest BCUT2D eigenvalue weighted by molar-refractivity contribution is 5.93. The Morgan fingerprint density at radius 3 is 2.33 bits per heavy atom. The Hall–Kier alpha value is -1.51. The number of rotatable bonds is 3. The molecule has 2 aliphatic rings. The smallest absolute Gasteiger partial charge is 0.224 e. The van der Waals surface area contributed by atoms with Crippen molar-refractivity contribution in [3.05, 3.63) is 23.3 Å². The van der Waals surface area contributed by atoms with Gasteiger partial charge >= 0.3 is 0 Å². The van der Waals surface area contributed by atoms with Gasteiger partial charge < -0.3 is 10.2 Å². The van der Waals surface area contributed by atoms with Gasteiger partial charge in [0.15, 0.2) is 0 Å². The van der Waals surface area contributed by atoms with Gasteiger partial charge in [-0.3, -0.25) is 4.79 Å². The van der Waals surface area contributed by atoms with Gasteiger partial charge in [0, 0.05) is 30.9 Å². The Balaban J connectivity index is 1.75. The molecule has 1 aromatic rings. The molecule has 0 aromatic heterocycles. The minimum Gasteiger partial charge on any atom is -0.371 e. The first kappa shape index (κ1) is 17.3. The molecular weight excluding hydrogens is 296 g/mol. The van der Waals surface area contributed by atoms with Crippen LogP contribution >= 0.6 is 0 Å². The van der Waals surface area contributed by atoms with E-state index in [1.165, 1.54) is 49.0 Å². The SMILES string of the molecule is Cc1cc(N2CCCC3(CC3)C2)cc(C)c1NC(=O)CC(C)(C)C. The summed E-state index contributed by atoms with van der Waals surface area (Å²) in [4.78, 5) is 14.8. The number of hydrogen-bond acceptors (Lipinski definition) is 2. The molecule has 0 bridgehead atoms. The molecule has 1 saturated carbocycles. The van der Waals surface area contributed by atoms with Gasteiger partial charge in [-0.2, -0.15) is 0 Å². The molecule has 0 unspecified atom stereocenters. The van der Waals surface area contributed by atoms with Crippen molar-refractivity contribution >= 4 is 17.3 Å². The lowest BCUT2D eigenvalue weighted by atomic mass is 9.91. The highest BCUT2D eigenvalue weighted by Crippen LogP contribution is 2.52. The zero-order valence-corrected chi connectivity index (χ0v) is 16.0. The van der Waals surface area contributed by atoms with Crippen molar-refractivity contribution in [3.63, 3.8) is 0 Å². The molecule has 1 amide bonds. The van der Waals surface area contributed by atoms with Crippen molar-refractivity contribution < 1.29 is 4.79 Å². The fraction of sp³-hybridized carbons (Fsp3) is 0.667. The maximum atomic E-state index is 12.3. The molecule has 1 heterocycles. The maximum absolute atomic E-state index is 12.3. The predicted octanol–water partition coefficient (Wildman–Crippen LogP) is 5.06. The van der Waals surface area contributed by atoms with Crippen molar-refractivity contribution in [1.29, 1.82) is 0 Å². The van der Waals surface area contributed by atoms with E-state index in [1.807, 2.05) is 0 Å². The average molecular weight is 329 g/mol. The average Bonchev–Trinajstić information content (AvgIpc) is 3.19. The van der Waals surface area contributed by atoms with Crippen molar-refractivity contribution in [2.24, 2.45) is 10.8 Å². The van der Waals surface area contributed by atoms with Crippen molar-refractivity contribution in [2.75, 3.05) is 23.3 Å². The van der Waals surface area contributed by atoms with Gasteiger partial charge in [-0.1, -0.05) is 20.8 Å². The first-order chi connectivity index (χ1) is 11.2. The van der Waals surface area contributed by atoms with E-state index in [2.05, 4.69) is 57.0 Å². The molecule has 3 nitrogen and oxygen atoms in total. The topological polar surface area (TPSA) is 32.3 Å². The van der Waals surface area contributed by atoms with E-state index in [1.54, 1.807) is 0 Å². The maximum Gasteiger partial charge on any atom is 0.224 e. The van der Waals surface area contributed by atoms with Gasteiger partial charge in [0.2, 0.25) is 5.91 Å². The molecule has 1 aliphatic carbocycles. The van der Waals surface area contributed by atoms with E-state index in [0.717, 1.165) is 12.2 Å². The van der Waals surface area contributed by atoms with Crippen LogP contribution in [0.15, 0.2) is 12.1 Å². The molecule has 0 radical (unpaired) electrons. The molecule has 24 heavy (non-hydrogen) atoms. The first-order valence-corrected chi connectivity index (χ1v) is 9.34. The molecule has 1 aliphatic heterocycles. The molecule has 1 N–H and O–H groups in total. The number of amides is 1. The van der Waals surface area contributed by atoms with E-state index in [0.29, 0.717) is 11.8 Å². The summed E-state index contributed by atoms with van der Waals surface area (Å²) in [5.41, 5.74) is 5.29. The summed E-state index contributed by atoms with van der Waals surface area (Å²) in [5, 5.41) is 3.14. The predicted molar refractivity (Wildman–Crippen MR) is 102 cm³/mol. The van der Waals surface area contributed by atoms with E-state index < -0.39 is 0 Å². The van der Waals surface area contributed by atoms with Crippen LogP contribution in [0.4, 0.5) is 11.4 Å². The van der Waals surface area contributed by atoms with Crippen LogP contribution in [0.3, 0.4) is 0 Å². The standard InChI is InChI=1S/C21H32N2O/c1-15-11-17(23-10-6-7-21(14-23)8-9-21)12-16(2)19(15)22-18(24)13-20(3,4)5/h11-12H,6-10,13-14H2,1-5H3,(H,22,24). The van der Waals surface area contributed by atoms with Crippen LogP contribution < -0.4 is 10.2 Å². The van der Waals surface area contributed by atoms with Crippen LogP contribution in [0.25, 0.3) is 0 Å². The molecule has 3 heteroatoms. The van der Waals surface area contributed by atoms with Crippen LogP contribution in [-0.4, -0.2) is 19.0 Å². The number of aryl methyl sites for hydroxylation is 2. The second-order valence-corrected chi connectivity index (χ2v) is 9.27.